The van der Waals surface area contributed by atoms with Crippen LogP contribution in [0, 0.1) is 0 Å². The van der Waals surface area contributed by atoms with Crippen LogP contribution in [0.15, 0.2) is 59.0 Å². The molecule has 0 aromatic carbocycles. The average molecular weight is 271 g/mol. The summed E-state index contributed by atoms with van der Waals surface area (Å²) in [5, 5.41) is 10.5. The van der Waals surface area contributed by atoms with Crippen molar-refractivity contribution in [3.8, 4) is 0 Å². The number of aromatic nitrogens is 3. The SMILES string of the molecule is O=C(O)c1ccc(Sc2cccc3nccn23)nc1. The Morgan fingerprint density at radius 1 is 1.21 bits per heavy atom. The van der Waals surface area contributed by atoms with Crippen molar-refractivity contribution in [1.29, 1.82) is 0 Å². The van der Waals surface area contributed by atoms with Gasteiger partial charge in [-0.2, -0.15) is 0 Å². The first kappa shape index (κ1) is 11.7. The van der Waals surface area contributed by atoms with E-state index in [2.05, 4.69) is 9.97 Å². The van der Waals surface area contributed by atoms with Crippen LogP contribution >= 0.6 is 11.8 Å². The van der Waals surface area contributed by atoms with Crippen LogP contribution < -0.4 is 0 Å². The summed E-state index contributed by atoms with van der Waals surface area (Å²) < 4.78 is 1.96. The highest BCUT2D eigenvalue weighted by Gasteiger charge is 2.06. The topological polar surface area (TPSA) is 67.5 Å². The van der Waals surface area contributed by atoms with E-state index in [0.717, 1.165) is 15.7 Å². The summed E-state index contributed by atoms with van der Waals surface area (Å²) in [6.07, 6.45) is 4.97. The van der Waals surface area contributed by atoms with Crippen molar-refractivity contribution in [2.24, 2.45) is 0 Å². The Balaban J connectivity index is 1.92. The molecule has 0 aliphatic heterocycles. The van der Waals surface area contributed by atoms with E-state index in [4.69, 9.17) is 5.11 Å². The third-order valence-corrected chi connectivity index (χ3v) is 3.58. The molecule has 0 unspecified atom stereocenters. The zero-order valence-corrected chi connectivity index (χ0v) is 10.5. The molecule has 6 heteroatoms. The molecule has 0 atom stereocenters. The van der Waals surface area contributed by atoms with Crippen molar-refractivity contribution in [2.45, 2.75) is 10.1 Å². The van der Waals surface area contributed by atoms with Crippen LogP contribution in [-0.2, 0) is 0 Å². The Labute approximate surface area is 112 Å². The maximum atomic E-state index is 10.8. The van der Waals surface area contributed by atoms with Crippen LogP contribution in [0.4, 0.5) is 0 Å². The summed E-state index contributed by atoms with van der Waals surface area (Å²) in [6, 6.07) is 9.06. The highest BCUT2D eigenvalue weighted by atomic mass is 32.2. The van der Waals surface area contributed by atoms with E-state index in [1.165, 1.54) is 18.0 Å². The van der Waals surface area contributed by atoms with E-state index in [0.29, 0.717) is 0 Å². The van der Waals surface area contributed by atoms with Gasteiger partial charge in [0, 0.05) is 18.6 Å². The van der Waals surface area contributed by atoms with Gasteiger partial charge < -0.3 is 5.11 Å². The van der Waals surface area contributed by atoms with Gasteiger partial charge in [-0.05, 0) is 24.3 Å². The summed E-state index contributed by atoms with van der Waals surface area (Å²) in [6.45, 7) is 0. The zero-order chi connectivity index (χ0) is 13.2. The smallest absolute Gasteiger partial charge is 0.337 e. The lowest BCUT2D eigenvalue weighted by Crippen LogP contribution is -1.97. The molecule has 0 saturated heterocycles. The molecule has 94 valence electrons. The number of hydrogen-bond acceptors (Lipinski definition) is 4. The number of nitrogens with zero attached hydrogens (tertiary/aromatic N) is 3. The number of imidazole rings is 1. The molecule has 19 heavy (non-hydrogen) atoms. The molecule has 3 rings (SSSR count). The lowest BCUT2D eigenvalue weighted by Gasteiger charge is -2.04. The number of hydrogen-bond donors (Lipinski definition) is 1. The van der Waals surface area contributed by atoms with Gasteiger partial charge in [0.1, 0.15) is 10.7 Å². The summed E-state index contributed by atoms with van der Waals surface area (Å²) >= 11 is 1.46. The van der Waals surface area contributed by atoms with Gasteiger partial charge >= 0.3 is 5.97 Å². The van der Waals surface area contributed by atoms with Crippen LogP contribution in [0.5, 0.6) is 0 Å². The molecule has 0 bridgehead atoms. The van der Waals surface area contributed by atoms with E-state index in [-0.39, 0.29) is 5.56 Å². The molecule has 0 aliphatic rings. The van der Waals surface area contributed by atoms with Gasteiger partial charge in [-0.1, -0.05) is 17.8 Å². The maximum Gasteiger partial charge on any atom is 0.337 e. The van der Waals surface area contributed by atoms with Crippen molar-refractivity contribution in [2.75, 3.05) is 0 Å². The van der Waals surface area contributed by atoms with Crippen LogP contribution in [0.25, 0.3) is 5.65 Å². The van der Waals surface area contributed by atoms with Crippen LogP contribution in [0.1, 0.15) is 10.4 Å². The number of rotatable bonds is 3. The van der Waals surface area contributed by atoms with E-state index in [9.17, 15) is 4.79 Å². The molecule has 3 aromatic rings. The van der Waals surface area contributed by atoms with Gasteiger partial charge in [-0.3, -0.25) is 4.40 Å². The highest BCUT2D eigenvalue weighted by molar-refractivity contribution is 7.99. The normalized spacial score (nSPS) is 10.7. The predicted molar refractivity (Wildman–Crippen MR) is 70.5 cm³/mol. The fourth-order valence-electron chi connectivity index (χ4n) is 1.68. The summed E-state index contributed by atoms with van der Waals surface area (Å²) in [7, 11) is 0. The van der Waals surface area contributed by atoms with Gasteiger partial charge in [-0.25, -0.2) is 14.8 Å². The number of pyridine rings is 2. The van der Waals surface area contributed by atoms with E-state index in [1.807, 2.05) is 28.8 Å². The Hall–Kier alpha value is -2.34. The summed E-state index contributed by atoms with van der Waals surface area (Å²) in [4.78, 5) is 19.1. The third-order valence-electron chi connectivity index (χ3n) is 2.58. The van der Waals surface area contributed by atoms with Crippen LogP contribution in [0.2, 0.25) is 0 Å². The minimum Gasteiger partial charge on any atom is -0.478 e. The van der Waals surface area contributed by atoms with E-state index in [1.54, 1.807) is 18.3 Å². The predicted octanol–water partition coefficient (Wildman–Crippen LogP) is 2.58. The van der Waals surface area contributed by atoms with E-state index >= 15 is 0 Å². The number of carboxylic acids is 1. The second-order valence-corrected chi connectivity index (χ2v) is 4.85. The van der Waals surface area contributed by atoms with Crippen molar-refractivity contribution in [3.63, 3.8) is 0 Å². The van der Waals surface area contributed by atoms with Crippen LogP contribution in [0.3, 0.4) is 0 Å². The first-order chi connectivity index (χ1) is 9.24. The standard InChI is InChI=1S/C13H9N3O2S/c17-13(18)9-4-5-11(15-8-9)19-12-3-1-2-10-14-6-7-16(10)12/h1-8H,(H,17,18). The molecule has 0 aliphatic carbocycles. The van der Waals surface area contributed by atoms with Crippen molar-refractivity contribution in [3.05, 3.63) is 54.5 Å². The fraction of sp³-hybridized carbons (Fsp3) is 0. The molecule has 3 aromatic heterocycles. The molecule has 3 heterocycles. The summed E-state index contributed by atoms with van der Waals surface area (Å²) in [5.41, 5.74) is 1.05. The fourth-order valence-corrected chi connectivity index (χ4v) is 2.53. The first-order valence-electron chi connectivity index (χ1n) is 5.53. The molecule has 5 nitrogen and oxygen atoms in total. The summed E-state index contributed by atoms with van der Waals surface area (Å²) in [5.74, 6) is -0.972. The van der Waals surface area contributed by atoms with Crippen molar-refractivity contribution in [1.82, 2.24) is 14.4 Å². The number of carbonyl (C=O) groups is 1. The Morgan fingerprint density at radius 3 is 2.84 bits per heavy atom. The lowest BCUT2D eigenvalue weighted by molar-refractivity contribution is 0.0696. The molecular weight excluding hydrogens is 262 g/mol. The molecule has 0 amide bonds. The van der Waals surface area contributed by atoms with Crippen LogP contribution in [-0.4, -0.2) is 25.4 Å². The largest absolute Gasteiger partial charge is 0.478 e. The molecule has 1 N–H and O–H groups in total. The molecule has 0 saturated carbocycles. The highest BCUT2D eigenvalue weighted by Crippen LogP contribution is 2.26. The second-order valence-electron chi connectivity index (χ2n) is 3.81. The van der Waals surface area contributed by atoms with Gasteiger partial charge in [0.05, 0.1) is 10.6 Å². The number of fused-ring (bicyclic) bond motifs is 1. The van der Waals surface area contributed by atoms with Gasteiger partial charge in [0.15, 0.2) is 0 Å². The third kappa shape index (κ3) is 2.30. The Morgan fingerprint density at radius 2 is 2.11 bits per heavy atom. The van der Waals surface area contributed by atoms with Gasteiger partial charge in [-0.15, -0.1) is 0 Å². The molecule has 0 radical (unpaired) electrons. The second kappa shape index (κ2) is 4.74. The molecule has 0 spiro atoms. The quantitative estimate of drug-likeness (QED) is 0.793. The van der Waals surface area contributed by atoms with E-state index < -0.39 is 5.97 Å². The van der Waals surface area contributed by atoms with Crippen molar-refractivity contribution >= 4 is 23.4 Å². The monoisotopic (exact) mass is 271 g/mol. The zero-order valence-electron chi connectivity index (χ0n) is 9.72. The minimum atomic E-state index is -0.972. The molecule has 0 fully saturated rings. The Kier molecular flexibility index (Phi) is 2.92. The minimum absolute atomic E-state index is 0.185. The average Bonchev–Trinajstić information content (AvgIpc) is 2.89. The lowest BCUT2D eigenvalue weighted by atomic mass is 10.3. The maximum absolute atomic E-state index is 10.8. The number of carboxylic acid groups (broad SMARTS) is 1. The van der Waals surface area contributed by atoms with Crippen molar-refractivity contribution < 1.29 is 9.90 Å². The van der Waals surface area contributed by atoms with Gasteiger partial charge in [0.25, 0.3) is 0 Å². The van der Waals surface area contributed by atoms with Gasteiger partial charge in [0.2, 0.25) is 0 Å². The number of aromatic carboxylic acids is 1. The first-order valence-corrected chi connectivity index (χ1v) is 6.35. The molecular formula is C13H9N3O2S. The Bertz CT molecular complexity index is 737.